The second kappa shape index (κ2) is 14.7. The quantitative estimate of drug-likeness (QED) is 0.364. The first-order valence-corrected chi connectivity index (χ1v) is 11.5. The number of hydrogen-bond acceptors (Lipinski definition) is 4. The fourth-order valence-electron chi connectivity index (χ4n) is 2.97. The zero-order valence-corrected chi connectivity index (χ0v) is 16.1. The lowest BCUT2D eigenvalue weighted by Crippen LogP contribution is -2.29. The van der Waals surface area contributed by atoms with Crippen molar-refractivity contribution in [2.24, 2.45) is 0 Å². The minimum atomic E-state index is -1.66. The van der Waals surface area contributed by atoms with Crippen LogP contribution in [0.5, 0.6) is 0 Å². The molecule has 5 nitrogen and oxygen atoms in total. The van der Waals surface area contributed by atoms with Gasteiger partial charge in [-0.2, -0.15) is 0 Å². The summed E-state index contributed by atoms with van der Waals surface area (Å²) in [5.41, 5.74) is 0. The van der Waals surface area contributed by atoms with Crippen molar-refractivity contribution in [1.82, 2.24) is 0 Å². The molecule has 1 N–H and O–H groups in total. The lowest BCUT2D eigenvalue weighted by molar-refractivity contribution is -0.137. The molecule has 0 spiro atoms. The van der Waals surface area contributed by atoms with Gasteiger partial charge in [0.2, 0.25) is 0 Å². The highest BCUT2D eigenvalue weighted by molar-refractivity contribution is 6.46. The van der Waals surface area contributed by atoms with Crippen LogP contribution in [-0.2, 0) is 17.2 Å². The van der Waals surface area contributed by atoms with E-state index in [4.69, 9.17) is 12.7 Å². The zero-order chi connectivity index (χ0) is 17.5. The van der Waals surface area contributed by atoms with Crippen LogP contribution in [0.4, 0.5) is 0 Å². The van der Waals surface area contributed by atoms with Gasteiger partial charge in [0.25, 0.3) is 5.97 Å². The molecule has 0 saturated carbocycles. The van der Waals surface area contributed by atoms with Gasteiger partial charge in [-0.05, 0) is 24.5 Å². The van der Waals surface area contributed by atoms with E-state index in [9.17, 15) is 9.59 Å². The SMILES string of the molecule is O=C(O)CCCCCCCCCCCCC(=O)[O][Al]1[CH2]CCC[O]1. The monoisotopic (exact) mass is 356 g/mol. The molecule has 24 heavy (non-hydrogen) atoms. The van der Waals surface area contributed by atoms with Crippen molar-refractivity contribution in [3.05, 3.63) is 0 Å². The number of carbonyl (C=O) groups excluding carboxylic acids is 1. The van der Waals surface area contributed by atoms with E-state index >= 15 is 0 Å². The summed E-state index contributed by atoms with van der Waals surface area (Å²) >= 11 is -1.66. The molecule has 0 radical (unpaired) electrons. The number of hydrogen-bond donors (Lipinski definition) is 1. The van der Waals surface area contributed by atoms with Crippen LogP contribution in [0, 0.1) is 0 Å². The Morgan fingerprint density at radius 1 is 0.833 bits per heavy atom. The molecule has 1 rings (SSSR count). The van der Waals surface area contributed by atoms with Gasteiger partial charge in [0.05, 0.1) is 0 Å². The average Bonchev–Trinajstić information content (AvgIpc) is 2.56. The molecule has 0 unspecified atom stereocenters. The molecule has 0 bridgehead atoms. The molecule has 1 fully saturated rings. The summed E-state index contributed by atoms with van der Waals surface area (Å²) in [7, 11) is 0. The van der Waals surface area contributed by atoms with Gasteiger partial charge in [-0.3, -0.25) is 9.59 Å². The summed E-state index contributed by atoms with van der Waals surface area (Å²) in [4.78, 5) is 22.1. The topological polar surface area (TPSA) is 72.8 Å². The first-order valence-electron chi connectivity index (χ1n) is 9.71. The van der Waals surface area contributed by atoms with E-state index < -0.39 is 20.8 Å². The van der Waals surface area contributed by atoms with Crippen LogP contribution in [0.1, 0.15) is 89.9 Å². The predicted octanol–water partition coefficient (Wildman–Crippen LogP) is 4.59. The van der Waals surface area contributed by atoms with Crippen molar-refractivity contribution in [2.45, 2.75) is 95.2 Å². The molecule has 1 aliphatic heterocycles. The third-order valence-electron chi connectivity index (χ3n) is 4.42. The van der Waals surface area contributed by atoms with Crippen molar-refractivity contribution in [2.75, 3.05) is 6.61 Å². The van der Waals surface area contributed by atoms with Gasteiger partial charge in [-0.15, -0.1) is 0 Å². The molecular formula is C18H33AlO5. The summed E-state index contributed by atoms with van der Waals surface area (Å²) in [5.74, 6) is -0.748. The maximum absolute atomic E-state index is 11.7. The Bertz CT molecular complexity index is 342. The Kier molecular flexibility index (Phi) is 13.2. The Labute approximate surface area is 151 Å². The molecule has 0 aromatic heterocycles. The Balaban J connectivity index is 1.78. The summed E-state index contributed by atoms with van der Waals surface area (Å²) in [6, 6.07) is 0. The summed E-state index contributed by atoms with van der Waals surface area (Å²) < 4.78 is 11.0. The molecule has 0 aliphatic carbocycles. The van der Waals surface area contributed by atoms with Crippen molar-refractivity contribution in [3.8, 4) is 0 Å². The average molecular weight is 356 g/mol. The van der Waals surface area contributed by atoms with E-state index in [1.54, 1.807) is 0 Å². The predicted molar refractivity (Wildman–Crippen MR) is 94.9 cm³/mol. The lowest BCUT2D eigenvalue weighted by atomic mass is 10.1. The van der Waals surface area contributed by atoms with Crippen molar-refractivity contribution < 1.29 is 22.3 Å². The minimum Gasteiger partial charge on any atom is -0.595 e. The van der Waals surface area contributed by atoms with Crippen LogP contribution >= 0.6 is 0 Å². The maximum Gasteiger partial charge on any atom is 0.767 e. The van der Waals surface area contributed by atoms with Gasteiger partial charge < -0.3 is 12.7 Å². The third-order valence-corrected chi connectivity index (χ3v) is 6.44. The largest absolute Gasteiger partial charge is 0.767 e. The van der Waals surface area contributed by atoms with E-state index in [-0.39, 0.29) is 5.97 Å². The molecule has 0 aromatic rings. The molecule has 0 amide bonds. The summed E-state index contributed by atoms with van der Waals surface area (Å²) in [6.45, 7) is 0.768. The number of aliphatic carboxylic acids is 1. The van der Waals surface area contributed by atoms with E-state index in [0.29, 0.717) is 12.8 Å². The van der Waals surface area contributed by atoms with Crippen LogP contribution in [0.25, 0.3) is 0 Å². The second-order valence-corrected chi connectivity index (χ2v) is 8.72. The van der Waals surface area contributed by atoms with E-state index in [2.05, 4.69) is 0 Å². The maximum atomic E-state index is 11.7. The van der Waals surface area contributed by atoms with Crippen LogP contribution in [0.2, 0.25) is 5.28 Å². The number of carboxylic acids is 1. The van der Waals surface area contributed by atoms with Gasteiger partial charge in [-0.1, -0.05) is 57.8 Å². The van der Waals surface area contributed by atoms with E-state index in [1.165, 1.54) is 32.1 Å². The fraction of sp³-hybridized carbons (Fsp3) is 0.889. The van der Waals surface area contributed by atoms with Gasteiger partial charge in [0, 0.05) is 19.4 Å². The Morgan fingerprint density at radius 3 is 1.88 bits per heavy atom. The highest BCUT2D eigenvalue weighted by Crippen LogP contribution is 2.14. The standard InChI is InChI=1S/C14H26O4.C4H8O.Al/c15-13(16)11-9-7-5-3-1-2-4-6-8-10-12-14(17)18;1-2-3-4-5;/h1-12H2,(H,15,16)(H,17,18);1-4H2;/q;-1;+2/p-1. The molecular weight excluding hydrogens is 323 g/mol. The summed E-state index contributed by atoms with van der Waals surface area (Å²) in [6.07, 6.45) is 14.2. The molecule has 0 aromatic carbocycles. The first-order chi connectivity index (χ1) is 11.7. The van der Waals surface area contributed by atoms with Crippen LogP contribution < -0.4 is 0 Å². The number of rotatable bonds is 14. The number of carbonyl (C=O) groups is 2. The molecule has 1 saturated heterocycles. The fourth-order valence-corrected chi connectivity index (χ4v) is 4.78. The van der Waals surface area contributed by atoms with Crippen molar-refractivity contribution in [3.63, 3.8) is 0 Å². The highest BCUT2D eigenvalue weighted by Gasteiger charge is 2.32. The van der Waals surface area contributed by atoms with Gasteiger partial charge in [0.15, 0.2) is 0 Å². The Morgan fingerprint density at radius 2 is 1.38 bits per heavy atom. The van der Waals surface area contributed by atoms with Gasteiger partial charge in [0.1, 0.15) is 0 Å². The highest BCUT2D eigenvalue weighted by atomic mass is 27.2. The van der Waals surface area contributed by atoms with Crippen molar-refractivity contribution >= 4 is 26.8 Å². The number of carboxylic acid groups (broad SMARTS) is 1. The van der Waals surface area contributed by atoms with Crippen LogP contribution in [-0.4, -0.2) is 38.5 Å². The molecule has 6 heteroatoms. The number of unbranched alkanes of at least 4 members (excludes halogenated alkanes) is 9. The second-order valence-electron chi connectivity index (χ2n) is 6.72. The van der Waals surface area contributed by atoms with E-state index in [0.717, 1.165) is 56.8 Å². The molecule has 1 heterocycles. The Hall–Kier alpha value is -0.568. The normalized spacial score (nSPS) is 14.6. The van der Waals surface area contributed by atoms with Gasteiger partial charge in [-0.25, -0.2) is 0 Å². The molecule has 1 aliphatic rings. The third kappa shape index (κ3) is 12.8. The smallest absolute Gasteiger partial charge is 0.595 e. The molecule has 138 valence electrons. The lowest BCUT2D eigenvalue weighted by Gasteiger charge is -2.17. The van der Waals surface area contributed by atoms with Crippen LogP contribution in [0.15, 0.2) is 0 Å². The van der Waals surface area contributed by atoms with Crippen molar-refractivity contribution in [1.29, 1.82) is 0 Å². The minimum absolute atomic E-state index is 0.0603. The molecule has 0 atom stereocenters. The summed E-state index contributed by atoms with van der Waals surface area (Å²) in [5, 5.41) is 9.51. The van der Waals surface area contributed by atoms with Gasteiger partial charge >= 0.3 is 20.8 Å². The zero-order valence-electron chi connectivity index (χ0n) is 15.0. The first kappa shape index (κ1) is 21.5. The van der Waals surface area contributed by atoms with Crippen LogP contribution in [0.3, 0.4) is 0 Å². The van der Waals surface area contributed by atoms with E-state index in [1.807, 2.05) is 0 Å².